The fraction of sp³-hybridized carbons (Fsp3) is 0.167. The number of rotatable bonds is 5. The smallest absolute Gasteiger partial charge is 0.254 e. The SMILES string of the molecule is C=CCNC(=O)CNC(=O)c1ccc(F)c(F)c1F. The Kier molecular flexibility index (Phi) is 5.11. The fourth-order valence-electron chi connectivity index (χ4n) is 1.21. The van der Waals surface area contributed by atoms with E-state index >= 15 is 0 Å². The summed E-state index contributed by atoms with van der Waals surface area (Å²) in [6.07, 6.45) is 1.44. The van der Waals surface area contributed by atoms with Gasteiger partial charge >= 0.3 is 0 Å². The van der Waals surface area contributed by atoms with Gasteiger partial charge in [0.15, 0.2) is 17.5 Å². The van der Waals surface area contributed by atoms with E-state index in [2.05, 4.69) is 17.2 Å². The van der Waals surface area contributed by atoms with Crippen molar-refractivity contribution in [2.45, 2.75) is 0 Å². The zero-order chi connectivity index (χ0) is 14.4. The third-order valence-electron chi connectivity index (χ3n) is 2.13. The number of halogens is 3. The highest BCUT2D eigenvalue weighted by Crippen LogP contribution is 2.14. The number of carbonyl (C=O) groups excluding carboxylic acids is 2. The molecule has 0 fully saturated rings. The van der Waals surface area contributed by atoms with Gasteiger partial charge in [-0.05, 0) is 12.1 Å². The second-order valence-corrected chi connectivity index (χ2v) is 3.50. The van der Waals surface area contributed by atoms with E-state index in [9.17, 15) is 22.8 Å². The molecule has 0 heterocycles. The quantitative estimate of drug-likeness (QED) is 0.623. The Hall–Kier alpha value is -2.31. The van der Waals surface area contributed by atoms with Gasteiger partial charge in [0.2, 0.25) is 5.91 Å². The number of benzene rings is 1. The topological polar surface area (TPSA) is 58.2 Å². The highest BCUT2D eigenvalue weighted by atomic mass is 19.2. The highest BCUT2D eigenvalue weighted by Gasteiger charge is 2.18. The number of amides is 2. The van der Waals surface area contributed by atoms with Gasteiger partial charge < -0.3 is 10.6 Å². The standard InChI is InChI=1S/C12H11F3N2O2/c1-2-5-16-9(18)6-17-12(19)7-3-4-8(13)11(15)10(7)14/h2-4H,1,5-6H2,(H,16,18)(H,17,19). The first kappa shape index (κ1) is 14.7. The molecule has 1 aromatic rings. The average molecular weight is 272 g/mol. The summed E-state index contributed by atoms with van der Waals surface area (Å²) in [7, 11) is 0. The van der Waals surface area contributed by atoms with Crippen molar-refractivity contribution in [2.75, 3.05) is 13.1 Å². The summed E-state index contributed by atoms with van der Waals surface area (Å²) in [5.41, 5.74) is -0.671. The molecule has 0 aliphatic heterocycles. The zero-order valence-electron chi connectivity index (χ0n) is 9.80. The Bertz CT molecular complexity index is 518. The van der Waals surface area contributed by atoms with Crippen molar-refractivity contribution in [3.8, 4) is 0 Å². The van der Waals surface area contributed by atoms with Crippen LogP contribution in [0.5, 0.6) is 0 Å². The van der Waals surface area contributed by atoms with Crippen LogP contribution in [0, 0.1) is 17.5 Å². The molecule has 19 heavy (non-hydrogen) atoms. The fourth-order valence-corrected chi connectivity index (χ4v) is 1.21. The van der Waals surface area contributed by atoms with Gasteiger partial charge in [-0.15, -0.1) is 6.58 Å². The van der Waals surface area contributed by atoms with Crippen molar-refractivity contribution in [1.82, 2.24) is 10.6 Å². The molecule has 0 saturated heterocycles. The monoisotopic (exact) mass is 272 g/mol. The van der Waals surface area contributed by atoms with E-state index in [4.69, 9.17) is 0 Å². The molecule has 0 atom stereocenters. The predicted octanol–water partition coefficient (Wildman–Crippen LogP) is 1.14. The van der Waals surface area contributed by atoms with Crippen LogP contribution in [-0.2, 0) is 4.79 Å². The summed E-state index contributed by atoms with van der Waals surface area (Å²) in [4.78, 5) is 22.6. The molecular formula is C12H11F3N2O2. The van der Waals surface area contributed by atoms with E-state index in [-0.39, 0.29) is 6.54 Å². The van der Waals surface area contributed by atoms with Gasteiger partial charge in [0.05, 0.1) is 12.1 Å². The van der Waals surface area contributed by atoms with Crippen LogP contribution in [0.1, 0.15) is 10.4 Å². The van der Waals surface area contributed by atoms with Gasteiger partial charge in [0.25, 0.3) is 5.91 Å². The maximum absolute atomic E-state index is 13.3. The van der Waals surface area contributed by atoms with Gasteiger partial charge in [0, 0.05) is 6.54 Å². The van der Waals surface area contributed by atoms with E-state index in [1.54, 1.807) is 0 Å². The molecule has 2 N–H and O–H groups in total. The Morgan fingerprint density at radius 2 is 1.84 bits per heavy atom. The number of nitrogens with one attached hydrogen (secondary N) is 2. The van der Waals surface area contributed by atoms with Gasteiger partial charge in [-0.2, -0.15) is 0 Å². The number of hydrogen-bond acceptors (Lipinski definition) is 2. The molecule has 0 bridgehead atoms. The number of hydrogen-bond donors (Lipinski definition) is 2. The van der Waals surface area contributed by atoms with Crippen LogP contribution >= 0.6 is 0 Å². The summed E-state index contributed by atoms with van der Waals surface area (Å²) in [6.45, 7) is 3.18. The molecule has 1 aromatic carbocycles. The summed E-state index contributed by atoms with van der Waals surface area (Å²) >= 11 is 0. The van der Waals surface area contributed by atoms with E-state index < -0.39 is 41.4 Å². The van der Waals surface area contributed by atoms with Crippen molar-refractivity contribution >= 4 is 11.8 Å². The second-order valence-electron chi connectivity index (χ2n) is 3.50. The lowest BCUT2D eigenvalue weighted by Gasteiger charge is -2.07. The maximum atomic E-state index is 13.3. The lowest BCUT2D eigenvalue weighted by atomic mass is 10.2. The largest absolute Gasteiger partial charge is 0.351 e. The first-order valence-electron chi connectivity index (χ1n) is 5.26. The van der Waals surface area contributed by atoms with Crippen LogP contribution in [-0.4, -0.2) is 24.9 Å². The highest BCUT2D eigenvalue weighted by molar-refractivity contribution is 5.96. The minimum atomic E-state index is -1.73. The zero-order valence-corrected chi connectivity index (χ0v) is 9.80. The Balaban J connectivity index is 2.67. The number of carbonyl (C=O) groups is 2. The molecule has 0 radical (unpaired) electrons. The molecule has 0 aliphatic rings. The van der Waals surface area contributed by atoms with Crippen molar-refractivity contribution in [3.05, 3.63) is 47.8 Å². The van der Waals surface area contributed by atoms with Crippen LogP contribution in [0.4, 0.5) is 13.2 Å². The van der Waals surface area contributed by atoms with Crippen LogP contribution < -0.4 is 10.6 Å². The van der Waals surface area contributed by atoms with E-state index in [1.165, 1.54) is 6.08 Å². The van der Waals surface area contributed by atoms with Crippen LogP contribution in [0.2, 0.25) is 0 Å². The van der Waals surface area contributed by atoms with Crippen molar-refractivity contribution in [3.63, 3.8) is 0 Å². The second kappa shape index (κ2) is 6.58. The van der Waals surface area contributed by atoms with Gasteiger partial charge in [-0.25, -0.2) is 13.2 Å². The van der Waals surface area contributed by atoms with Crippen LogP contribution in [0.15, 0.2) is 24.8 Å². The molecule has 0 saturated carbocycles. The Morgan fingerprint density at radius 3 is 2.47 bits per heavy atom. The minimum absolute atomic E-state index is 0.217. The Morgan fingerprint density at radius 1 is 1.16 bits per heavy atom. The minimum Gasteiger partial charge on any atom is -0.351 e. The van der Waals surface area contributed by atoms with Crippen molar-refractivity contribution in [1.29, 1.82) is 0 Å². The molecule has 102 valence electrons. The first-order valence-corrected chi connectivity index (χ1v) is 5.26. The summed E-state index contributed by atoms with van der Waals surface area (Å²) < 4.78 is 38.8. The van der Waals surface area contributed by atoms with Gasteiger partial charge in [0.1, 0.15) is 0 Å². The van der Waals surface area contributed by atoms with Crippen LogP contribution in [0.3, 0.4) is 0 Å². The molecule has 7 heteroatoms. The van der Waals surface area contributed by atoms with E-state index in [0.717, 1.165) is 6.07 Å². The molecular weight excluding hydrogens is 261 g/mol. The van der Waals surface area contributed by atoms with E-state index in [1.807, 2.05) is 0 Å². The lowest BCUT2D eigenvalue weighted by molar-refractivity contribution is -0.119. The predicted molar refractivity (Wildman–Crippen MR) is 61.9 cm³/mol. The van der Waals surface area contributed by atoms with Crippen LogP contribution in [0.25, 0.3) is 0 Å². The molecule has 2 amide bonds. The van der Waals surface area contributed by atoms with Crippen molar-refractivity contribution < 1.29 is 22.8 Å². The molecule has 0 unspecified atom stereocenters. The summed E-state index contributed by atoms with van der Waals surface area (Å²) in [5, 5.41) is 4.46. The molecule has 0 spiro atoms. The maximum Gasteiger partial charge on any atom is 0.254 e. The van der Waals surface area contributed by atoms with Gasteiger partial charge in [-0.1, -0.05) is 6.08 Å². The Labute approximate surface area is 107 Å². The summed E-state index contributed by atoms with van der Waals surface area (Å²) in [6, 6.07) is 1.43. The molecule has 0 aliphatic carbocycles. The summed E-state index contributed by atoms with van der Waals surface area (Å²) in [5.74, 6) is -6.24. The molecule has 1 rings (SSSR count). The lowest BCUT2D eigenvalue weighted by Crippen LogP contribution is -2.37. The van der Waals surface area contributed by atoms with Gasteiger partial charge in [-0.3, -0.25) is 9.59 Å². The third kappa shape index (κ3) is 3.84. The third-order valence-corrected chi connectivity index (χ3v) is 2.13. The average Bonchev–Trinajstić information content (AvgIpc) is 2.40. The van der Waals surface area contributed by atoms with E-state index in [0.29, 0.717) is 6.07 Å². The van der Waals surface area contributed by atoms with Crippen molar-refractivity contribution in [2.24, 2.45) is 0 Å². The molecule has 0 aromatic heterocycles. The first-order chi connectivity index (χ1) is 8.97. The molecule has 4 nitrogen and oxygen atoms in total. The normalized spacial score (nSPS) is 9.84.